The highest BCUT2D eigenvalue weighted by Gasteiger charge is 2.36. The van der Waals surface area contributed by atoms with Crippen molar-refractivity contribution in [1.29, 1.82) is 0 Å². The van der Waals surface area contributed by atoms with Crippen molar-refractivity contribution in [3.8, 4) is 11.3 Å². The molecule has 8 heteroatoms. The van der Waals surface area contributed by atoms with E-state index in [2.05, 4.69) is 20.3 Å². The summed E-state index contributed by atoms with van der Waals surface area (Å²) in [6.45, 7) is 2.83. The molecule has 1 saturated heterocycles. The van der Waals surface area contributed by atoms with Gasteiger partial charge in [0.25, 0.3) is 5.91 Å². The van der Waals surface area contributed by atoms with Crippen LogP contribution < -0.4 is 0 Å². The van der Waals surface area contributed by atoms with Gasteiger partial charge in [-0.05, 0) is 37.3 Å². The quantitative estimate of drug-likeness (QED) is 0.796. The summed E-state index contributed by atoms with van der Waals surface area (Å²) in [7, 11) is 0. The molecule has 1 fully saturated rings. The van der Waals surface area contributed by atoms with E-state index in [9.17, 15) is 9.18 Å². The van der Waals surface area contributed by atoms with E-state index in [-0.39, 0.29) is 17.6 Å². The molecule has 1 aliphatic rings. The van der Waals surface area contributed by atoms with Gasteiger partial charge in [0.2, 0.25) is 5.89 Å². The zero-order valence-corrected chi connectivity index (χ0v) is 12.9. The Morgan fingerprint density at radius 1 is 1.33 bits per heavy atom. The monoisotopic (exact) mass is 327 g/mol. The van der Waals surface area contributed by atoms with Gasteiger partial charge in [0.05, 0.1) is 11.6 Å². The Labute approximate surface area is 136 Å². The fourth-order valence-corrected chi connectivity index (χ4v) is 2.65. The summed E-state index contributed by atoms with van der Waals surface area (Å²) in [5, 5.41) is 10.6. The molecule has 0 radical (unpaired) electrons. The van der Waals surface area contributed by atoms with Gasteiger partial charge in [-0.3, -0.25) is 9.89 Å². The van der Waals surface area contributed by atoms with Crippen LogP contribution in [0.2, 0.25) is 0 Å². The summed E-state index contributed by atoms with van der Waals surface area (Å²) in [4.78, 5) is 18.3. The van der Waals surface area contributed by atoms with E-state index in [0.29, 0.717) is 36.2 Å². The first kappa shape index (κ1) is 14.6. The van der Waals surface area contributed by atoms with E-state index in [1.807, 2.05) is 0 Å². The van der Waals surface area contributed by atoms with Crippen LogP contribution in [0.15, 0.2) is 34.9 Å². The van der Waals surface area contributed by atoms with Crippen molar-refractivity contribution in [2.45, 2.75) is 12.8 Å². The first-order valence-corrected chi connectivity index (χ1v) is 7.51. The number of nitrogens with zero attached hydrogens (tertiary/aromatic N) is 4. The molecule has 1 N–H and O–H groups in total. The number of hydrogen-bond acceptors (Lipinski definition) is 5. The Kier molecular flexibility index (Phi) is 3.37. The minimum Gasteiger partial charge on any atom is -0.339 e. The average Bonchev–Trinajstić information content (AvgIpc) is 3.16. The molecule has 3 heterocycles. The molecule has 0 bridgehead atoms. The fourth-order valence-electron chi connectivity index (χ4n) is 2.65. The Morgan fingerprint density at radius 2 is 2.08 bits per heavy atom. The van der Waals surface area contributed by atoms with Crippen molar-refractivity contribution < 1.29 is 13.7 Å². The SMILES string of the molecule is Cc1noc(C2CN(C(=O)c3cc(-c4ccc(F)cc4)n[nH]3)C2)n1. The number of aromatic amines is 1. The summed E-state index contributed by atoms with van der Waals surface area (Å²) < 4.78 is 18.1. The highest BCUT2D eigenvalue weighted by atomic mass is 19.1. The first-order chi connectivity index (χ1) is 11.6. The van der Waals surface area contributed by atoms with Gasteiger partial charge < -0.3 is 9.42 Å². The number of halogens is 1. The topological polar surface area (TPSA) is 87.9 Å². The van der Waals surface area contributed by atoms with E-state index in [1.54, 1.807) is 30.0 Å². The number of carbonyl (C=O) groups is 1. The summed E-state index contributed by atoms with van der Waals surface area (Å²) in [6.07, 6.45) is 0. The van der Waals surface area contributed by atoms with Gasteiger partial charge in [-0.2, -0.15) is 10.1 Å². The van der Waals surface area contributed by atoms with E-state index in [1.165, 1.54) is 12.1 Å². The Bertz CT molecular complexity index is 880. The van der Waals surface area contributed by atoms with Crippen molar-refractivity contribution >= 4 is 5.91 Å². The number of hydrogen-bond donors (Lipinski definition) is 1. The smallest absolute Gasteiger partial charge is 0.271 e. The minimum atomic E-state index is -0.312. The fraction of sp³-hybridized carbons (Fsp3) is 0.250. The molecule has 24 heavy (non-hydrogen) atoms. The lowest BCUT2D eigenvalue weighted by molar-refractivity contribution is 0.0563. The third kappa shape index (κ3) is 2.55. The maximum Gasteiger partial charge on any atom is 0.271 e. The van der Waals surface area contributed by atoms with Crippen LogP contribution in [0.3, 0.4) is 0 Å². The predicted molar refractivity (Wildman–Crippen MR) is 81.7 cm³/mol. The van der Waals surface area contributed by atoms with Crippen molar-refractivity contribution in [1.82, 2.24) is 25.2 Å². The number of likely N-dealkylation sites (tertiary alicyclic amines) is 1. The molecular formula is C16H14FN5O2. The van der Waals surface area contributed by atoms with Crippen molar-refractivity contribution in [2.75, 3.05) is 13.1 Å². The normalized spacial score (nSPS) is 14.7. The lowest BCUT2D eigenvalue weighted by Gasteiger charge is -2.36. The lowest BCUT2D eigenvalue weighted by Crippen LogP contribution is -2.48. The third-order valence-electron chi connectivity index (χ3n) is 4.01. The molecule has 0 saturated carbocycles. The molecule has 0 atom stereocenters. The zero-order chi connectivity index (χ0) is 16.7. The molecule has 3 aromatic rings. The van der Waals surface area contributed by atoms with Crippen LogP contribution in [-0.2, 0) is 0 Å². The van der Waals surface area contributed by atoms with E-state index >= 15 is 0 Å². The van der Waals surface area contributed by atoms with E-state index in [0.717, 1.165) is 5.56 Å². The van der Waals surface area contributed by atoms with Gasteiger partial charge in [-0.25, -0.2) is 4.39 Å². The van der Waals surface area contributed by atoms with Gasteiger partial charge in [0, 0.05) is 18.7 Å². The van der Waals surface area contributed by atoms with Crippen LogP contribution in [0.25, 0.3) is 11.3 Å². The van der Waals surface area contributed by atoms with Crippen LogP contribution in [-0.4, -0.2) is 44.2 Å². The molecule has 4 rings (SSSR count). The number of nitrogens with one attached hydrogen (secondary N) is 1. The Morgan fingerprint density at radius 3 is 2.75 bits per heavy atom. The second kappa shape index (κ2) is 5.55. The Balaban J connectivity index is 1.44. The zero-order valence-electron chi connectivity index (χ0n) is 12.9. The van der Waals surface area contributed by atoms with Gasteiger partial charge in [0.1, 0.15) is 11.5 Å². The number of aryl methyl sites for hydroxylation is 1. The number of aromatic nitrogens is 4. The number of carbonyl (C=O) groups excluding carboxylic acids is 1. The standard InChI is InChI=1S/C16H14FN5O2/c1-9-18-15(24-21-9)11-7-22(8-11)16(23)14-6-13(19-20-14)10-2-4-12(17)5-3-10/h2-6,11H,7-8H2,1H3,(H,19,20). The molecule has 0 unspecified atom stereocenters. The van der Waals surface area contributed by atoms with Gasteiger partial charge >= 0.3 is 0 Å². The molecule has 0 aliphatic carbocycles. The molecule has 122 valence electrons. The van der Waals surface area contributed by atoms with Gasteiger partial charge in [-0.1, -0.05) is 5.16 Å². The number of rotatable bonds is 3. The van der Waals surface area contributed by atoms with Crippen molar-refractivity contribution in [3.05, 3.63) is 53.6 Å². The van der Waals surface area contributed by atoms with Crippen LogP contribution in [0.1, 0.15) is 28.1 Å². The number of amides is 1. The predicted octanol–water partition coefficient (Wildman–Crippen LogP) is 2.15. The van der Waals surface area contributed by atoms with Crippen LogP contribution in [0.4, 0.5) is 4.39 Å². The van der Waals surface area contributed by atoms with Crippen molar-refractivity contribution in [3.63, 3.8) is 0 Å². The summed E-state index contributed by atoms with van der Waals surface area (Å²) in [5.41, 5.74) is 1.74. The lowest BCUT2D eigenvalue weighted by atomic mass is 9.99. The molecule has 2 aromatic heterocycles. The second-order valence-corrected chi connectivity index (χ2v) is 5.76. The molecule has 1 amide bonds. The highest BCUT2D eigenvalue weighted by Crippen LogP contribution is 2.27. The van der Waals surface area contributed by atoms with Crippen LogP contribution in [0.5, 0.6) is 0 Å². The molecular weight excluding hydrogens is 313 g/mol. The van der Waals surface area contributed by atoms with Gasteiger partial charge in [-0.15, -0.1) is 0 Å². The first-order valence-electron chi connectivity index (χ1n) is 7.51. The minimum absolute atomic E-state index is 0.0784. The van der Waals surface area contributed by atoms with Crippen LogP contribution in [0, 0.1) is 12.7 Å². The average molecular weight is 327 g/mol. The summed E-state index contributed by atoms with van der Waals surface area (Å²) in [6, 6.07) is 7.63. The van der Waals surface area contributed by atoms with Crippen LogP contribution >= 0.6 is 0 Å². The largest absolute Gasteiger partial charge is 0.339 e. The molecule has 0 spiro atoms. The summed E-state index contributed by atoms with van der Waals surface area (Å²) >= 11 is 0. The third-order valence-corrected chi connectivity index (χ3v) is 4.01. The number of benzene rings is 1. The molecule has 1 aliphatic heterocycles. The Hall–Kier alpha value is -3.03. The van der Waals surface area contributed by atoms with E-state index < -0.39 is 0 Å². The summed E-state index contributed by atoms with van der Waals surface area (Å²) in [5.74, 6) is 0.784. The van der Waals surface area contributed by atoms with Crippen molar-refractivity contribution in [2.24, 2.45) is 0 Å². The molecule has 7 nitrogen and oxygen atoms in total. The maximum absolute atomic E-state index is 13.0. The van der Waals surface area contributed by atoms with Gasteiger partial charge in [0.15, 0.2) is 5.82 Å². The van der Waals surface area contributed by atoms with E-state index in [4.69, 9.17) is 4.52 Å². The highest BCUT2D eigenvalue weighted by molar-refractivity contribution is 5.94. The maximum atomic E-state index is 13.0. The second-order valence-electron chi connectivity index (χ2n) is 5.76. The molecule has 1 aromatic carbocycles. The number of H-pyrrole nitrogens is 1.